The van der Waals surface area contributed by atoms with Crippen LogP contribution >= 0.6 is 0 Å². The standard InChI is InChI=1S/C45H57NO16/c1-5-7-9-12-15-18-33(47)19-16-13-10-11-14-17-20-35(45(55,42(51)52)27-39(48)57-28-37-30(3)59-43(53)61-37)40(49)46-36(41(50)58-29-38-31(4)60-44(54)62-38)26-32-21-23-34(24-22-32)56-25-8-6-2/h17,20-24,35-36,55H,5,7,9-16,18-19,25-29H2,1-4H3,(H,46,49)(H,51,52)/b20-17+/t35-,36+,45+/m1/s1. The van der Waals surface area contributed by atoms with Crippen molar-refractivity contribution in [2.45, 2.75) is 142 Å². The zero-order valence-corrected chi connectivity index (χ0v) is 35.7. The molecule has 17 heteroatoms. The number of allylic oxidation sites excluding steroid dienone is 1. The molecule has 3 rings (SSSR count). The molecule has 1 amide bonds. The highest BCUT2D eigenvalue weighted by Crippen LogP contribution is 2.27. The Morgan fingerprint density at radius 1 is 0.823 bits per heavy atom. The quantitative estimate of drug-likeness (QED) is 0.0315. The summed E-state index contributed by atoms with van der Waals surface area (Å²) in [6, 6.07) is 4.96. The summed E-state index contributed by atoms with van der Waals surface area (Å²) in [5.74, 6) is -3.41. The number of unbranched alkanes of at least 4 members (excludes halogenated alkanes) is 8. The third-order valence-electron chi connectivity index (χ3n) is 9.88. The highest BCUT2D eigenvalue weighted by molar-refractivity contribution is 5.95. The van der Waals surface area contributed by atoms with Crippen LogP contribution in [0.25, 0.3) is 0 Å². The van der Waals surface area contributed by atoms with Crippen LogP contribution in [0.3, 0.4) is 0 Å². The monoisotopic (exact) mass is 867 g/mol. The number of Topliss-reactive ketones (excluding diaryl/α,β-unsaturated/α-hetero) is 1. The van der Waals surface area contributed by atoms with Gasteiger partial charge in [0.15, 0.2) is 41.9 Å². The van der Waals surface area contributed by atoms with Crippen LogP contribution in [0.5, 0.6) is 5.75 Å². The van der Waals surface area contributed by atoms with E-state index >= 15 is 0 Å². The molecule has 0 saturated heterocycles. The number of benzene rings is 1. The zero-order chi connectivity index (χ0) is 45.5. The van der Waals surface area contributed by atoms with Crippen LogP contribution in [0.15, 0.2) is 63.7 Å². The molecule has 3 atom stereocenters. The highest BCUT2D eigenvalue weighted by atomic mass is 16.6. The van der Waals surface area contributed by atoms with E-state index in [0.717, 1.165) is 57.4 Å². The lowest BCUT2D eigenvalue weighted by Crippen LogP contribution is -2.55. The second kappa shape index (κ2) is 26.2. The molecule has 0 radical (unpaired) electrons. The third-order valence-corrected chi connectivity index (χ3v) is 9.88. The first-order valence-corrected chi connectivity index (χ1v) is 20.7. The lowest BCUT2D eigenvalue weighted by atomic mass is 9.82. The van der Waals surface area contributed by atoms with Crippen molar-refractivity contribution in [1.29, 1.82) is 0 Å². The molecule has 3 N–H and O–H groups in total. The molecule has 1 aromatic carbocycles. The molecular weight excluding hydrogens is 810 g/mol. The second-order valence-electron chi connectivity index (χ2n) is 14.7. The number of carbonyl (C=O) groups is 5. The smallest absolute Gasteiger partial charge is 0.481 e. The average Bonchev–Trinajstić information content (AvgIpc) is 3.74. The predicted octanol–water partition coefficient (Wildman–Crippen LogP) is 5.96. The van der Waals surface area contributed by atoms with Crippen LogP contribution in [-0.2, 0) is 53.1 Å². The van der Waals surface area contributed by atoms with Crippen molar-refractivity contribution in [1.82, 2.24) is 5.32 Å². The maximum absolute atomic E-state index is 14.2. The van der Waals surface area contributed by atoms with Gasteiger partial charge in [-0.2, -0.15) is 0 Å². The van der Waals surface area contributed by atoms with Crippen LogP contribution in [0.4, 0.5) is 0 Å². The number of ether oxygens (including phenoxy) is 3. The van der Waals surface area contributed by atoms with Gasteiger partial charge in [-0.1, -0.05) is 75.7 Å². The molecule has 3 aromatic rings. The summed E-state index contributed by atoms with van der Waals surface area (Å²) in [4.78, 5) is 88.9. The summed E-state index contributed by atoms with van der Waals surface area (Å²) >= 11 is 0. The Morgan fingerprint density at radius 3 is 1.95 bits per heavy atom. The van der Waals surface area contributed by atoms with Gasteiger partial charge in [-0.3, -0.25) is 14.4 Å². The number of nitrogens with one attached hydrogen (secondary N) is 1. The number of aryl methyl sites for hydroxylation is 2. The first-order chi connectivity index (χ1) is 29.7. The van der Waals surface area contributed by atoms with Gasteiger partial charge in [0.1, 0.15) is 24.2 Å². The van der Waals surface area contributed by atoms with Gasteiger partial charge in [0.2, 0.25) is 5.91 Å². The SMILES string of the molecule is CC#CCOc1ccc(C[C@H](NC(=O)[C@@H](/C=C/CCCCCCC(=O)CCCCCCC)[C@@](O)(CC(=O)OCc2oc(=O)oc2C)C(=O)O)C(=O)OCc2oc(=O)oc2C)cc1. The van der Waals surface area contributed by atoms with Gasteiger partial charge in [0.25, 0.3) is 0 Å². The van der Waals surface area contributed by atoms with E-state index in [1.807, 2.05) is 0 Å². The molecule has 2 heterocycles. The van der Waals surface area contributed by atoms with Crippen LogP contribution < -0.4 is 21.7 Å². The molecule has 0 saturated carbocycles. The maximum atomic E-state index is 14.2. The normalized spacial score (nSPS) is 13.0. The minimum absolute atomic E-state index is 0.0110. The number of carboxylic acids is 1. The van der Waals surface area contributed by atoms with Gasteiger partial charge < -0.3 is 47.4 Å². The average molecular weight is 868 g/mol. The number of rotatable bonds is 29. The Kier molecular flexibility index (Phi) is 21.3. The lowest BCUT2D eigenvalue weighted by molar-refractivity contribution is -0.174. The van der Waals surface area contributed by atoms with Gasteiger partial charge >= 0.3 is 29.6 Å². The van der Waals surface area contributed by atoms with Gasteiger partial charge in [-0.15, -0.1) is 5.92 Å². The van der Waals surface area contributed by atoms with Crippen molar-refractivity contribution >= 4 is 29.6 Å². The number of hydrogen-bond acceptors (Lipinski definition) is 15. The molecule has 0 unspecified atom stereocenters. The van der Waals surface area contributed by atoms with Crippen molar-refractivity contribution in [3.05, 3.63) is 86.3 Å². The van der Waals surface area contributed by atoms with Crippen molar-refractivity contribution in [3.8, 4) is 17.6 Å². The maximum Gasteiger partial charge on any atom is 0.519 e. The fourth-order valence-electron chi connectivity index (χ4n) is 6.27. The Hall–Kier alpha value is -6.15. The summed E-state index contributed by atoms with van der Waals surface area (Å²) in [5.41, 5.74) is -2.61. The zero-order valence-electron chi connectivity index (χ0n) is 35.7. The number of aliphatic carboxylic acids is 1. The molecule has 17 nitrogen and oxygen atoms in total. The van der Waals surface area contributed by atoms with Crippen LogP contribution in [0.1, 0.15) is 126 Å². The second-order valence-corrected chi connectivity index (χ2v) is 14.7. The van der Waals surface area contributed by atoms with E-state index < -0.39 is 72.7 Å². The lowest BCUT2D eigenvalue weighted by Gasteiger charge is -2.30. The van der Waals surface area contributed by atoms with Gasteiger partial charge in [0, 0.05) is 19.3 Å². The van der Waals surface area contributed by atoms with Crippen molar-refractivity contribution in [2.75, 3.05) is 6.61 Å². The van der Waals surface area contributed by atoms with Gasteiger partial charge in [-0.25, -0.2) is 19.2 Å². The Labute approximate surface area is 359 Å². The fourth-order valence-corrected chi connectivity index (χ4v) is 6.27. The van der Waals surface area contributed by atoms with E-state index in [-0.39, 0.29) is 41.9 Å². The number of amides is 1. The van der Waals surface area contributed by atoms with Gasteiger partial charge in [0.05, 0.1) is 12.3 Å². The van der Waals surface area contributed by atoms with Crippen LogP contribution in [-0.4, -0.2) is 58.1 Å². The summed E-state index contributed by atoms with van der Waals surface area (Å²) in [5, 5.41) is 24.5. The van der Waals surface area contributed by atoms with E-state index in [9.17, 15) is 43.8 Å². The summed E-state index contributed by atoms with van der Waals surface area (Å²) in [6.07, 6.45) is 10.8. The third kappa shape index (κ3) is 17.1. The van der Waals surface area contributed by atoms with Gasteiger partial charge in [-0.05, 0) is 64.2 Å². The molecular formula is C45H57NO16. The molecule has 0 spiro atoms. The highest BCUT2D eigenvalue weighted by Gasteiger charge is 2.49. The van der Waals surface area contributed by atoms with E-state index in [2.05, 4.69) is 24.1 Å². The van der Waals surface area contributed by atoms with E-state index in [0.29, 0.717) is 37.0 Å². The molecule has 338 valence electrons. The number of aliphatic hydroxyl groups is 1. The number of carboxylic acid groups (broad SMARTS) is 1. The van der Waals surface area contributed by atoms with Crippen LogP contribution in [0.2, 0.25) is 0 Å². The minimum Gasteiger partial charge on any atom is -0.481 e. The molecule has 0 aliphatic rings. The van der Waals surface area contributed by atoms with Crippen LogP contribution in [0, 0.1) is 31.6 Å². The molecule has 0 aliphatic heterocycles. The molecule has 0 aliphatic carbocycles. The topological polar surface area (TPSA) is 252 Å². The summed E-state index contributed by atoms with van der Waals surface area (Å²) in [6.45, 7) is 5.55. The molecule has 2 aromatic heterocycles. The van der Waals surface area contributed by atoms with E-state index in [1.165, 1.54) is 19.9 Å². The first-order valence-electron chi connectivity index (χ1n) is 20.7. The fraction of sp³-hybridized carbons (Fsp3) is 0.533. The Balaban J connectivity index is 1.82. The van der Waals surface area contributed by atoms with Crippen molar-refractivity contribution in [2.24, 2.45) is 5.92 Å². The number of hydrogen-bond donors (Lipinski definition) is 3. The first kappa shape index (κ1) is 50.2. The minimum atomic E-state index is -3.12. The Bertz CT molecular complexity index is 2130. The van der Waals surface area contributed by atoms with E-state index in [4.69, 9.17) is 31.9 Å². The number of carbonyl (C=O) groups excluding carboxylic acids is 4. The summed E-state index contributed by atoms with van der Waals surface area (Å²) in [7, 11) is 0. The predicted molar refractivity (Wildman–Crippen MR) is 220 cm³/mol. The van der Waals surface area contributed by atoms with Crippen molar-refractivity contribution in [3.63, 3.8) is 0 Å². The summed E-state index contributed by atoms with van der Waals surface area (Å²) < 4.78 is 35.3. The molecule has 0 bridgehead atoms. The number of esters is 2. The Morgan fingerprint density at radius 2 is 1.40 bits per heavy atom. The number of ketones is 1. The molecule has 0 fully saturated rings. The largest absolute Gasteiger partial charge is 0.519 e. The molecule has 62 heavy (non-hydrogen) atoms. The van der Waals surface area contributed by atoms with E-state index in [1.54, 1.807) is 31.2 Å². The van der Waals surface area contributed by atoms with Crippen molar-refractivity contribution < 1.29 is 66.1 Å².